The molecule has 6 heteroatoms. The van der Waals surface area contributed by atoms with Crippen LogP contribution >= 0.6 is 0 Å². The fourth-order valence-electron chi connectivity index (χ4n) is 4.53. The van der Waals surface area contributed by atoms with E-state index in [1.807, 2.05) is 55.5 Å². The van der Waals surface area contributed by atoms with E-state index in [0.717, 1.165) is 29.7 Å². The summed E-state index contributed by atoms with van der Waals surface area (Å²) in [5.74, 6) is -0.316. The summed E-state index contributed by atoms with van der Waals surface area (Å²) in [6, 6.07) is 15.5. The number of allylic oxidation sites excluding steroid dienone is 2. The zero-order chi connectivity index (χ0) is 22.7. The van der Waals surface area contributed by atoms with Crippen LogP contribution in [-0.2, 0) is 20.9 Å². The second-order valence-electron chi connectivity index (χ2n) is 8.05. The number of ether oxygens (including phenoxy) is 3. The van der Waals surface area contributed by atoms with Gasteiger partial charge in [-0.15, -0.1) is 0 Å². The predicted molar refractivity (Wildman–Crippen MR) is 121 cm³/mol. The Morgan fingerprint density at radius 3 is 2.56 bits per heavy atom. The van der Waals surface area contributed by atoms with E-state index in [4.69, 9.17) is 14.2 Å². The van der Waals surface area contributed by atoms with Gasteiger partial charge in [0, 0.05) is 29.3 Å². The number of hydrogen-bond acceptors (Lipinski definition) is 6. The van der Waals surface area contributed by atoms with Crippen LogP contribution in [0.5, 0.6) is 11.5 Å². The number of nitrogens with zero attached hydrogens (tertiary/aromatic N) is 1. The molecule has 1 aliphatic carbocycles. The molecule has 0 bridgehead atoms. The maximum Gasteiger partial charge on any atom is 0.315 e. The summed E-state index contributed by atoms with van der Waals surface area (Å²) >= 11 is 0. The Hall–Kier alpha value is -3.41. The third kappa shape index (κ3) is 4.17. The lowest BCUT2D eigenvalue weighted by Gasteiger charge is -2.34. The van der Waals surface area contributed by atoms with Crippen molar-refractivity contribution < 1.29 is 23.8 Å². The number of esters is 1. The molecule has 1 heterocycles. The number of carbonyl (C=O) groups is 2. The van der Waals surface area contributed by atoms with E-state index < -0.39 is 17.8 Å². The Bertz CT molecular complexity index is 1090. The highest BCUT2D eigenvalue weighted by Crippen LogP contribution is 2.45. The van der Waals surface area contributed by atoms with Gasteiger partial charge in [0.15, 0.2) is 17.3 Å². The van der Waals surface area contributed by atoms with Gasteiger partial charge in [0.1, 0.15) is 12.5 Å². The molecular weight excluding hydrogens is 406 g/mol. The Morgan fingerprint density at radius 2 is 1.84 bits per heavy atom. The van der Waals surface area contributed by atoms with Crippen LogP contribution in [0.3, 0.4) is 0 Å². The Labute approximate surface area is 187 Å². The molecule has 0 spiro atoms. The van der Waals surface area contributed by atoms with E-state index in [1.54, 1.807) is 7.11 Å². The number of Topliss-reactive ketones (excluding diaryl/α,β-unsaturated/α-hetero) is 1. The van der Waals surface area contributed by atoms with Crippen LogP contribution in [0.1, 0.15) is 43.2 Å². The van der Waals surface area contributed by atoms with Gasteiger partial charge in [0.05, 0.1) is 14.2 Å². The minimum absolute atomic E-state index is 0.0461. The lowest BCUT2D eigenvalue weighted by Crippen LogP contribution is -2.36. The fraction of sp³-hybridized carbons (Fsp3) is 0.346. The minimum Gasteiger partial charge on any atom is -0.493 e. The molecule has 2 aromatic rings. The third-order valence-corrected chi connectivity index (χ3v) is 6.07. The van der Waals surface area contributed by atoms with E-state index in [9.17, 15) is 9.59 Å². The number of ketones is 1. The maximum absolute atomic E-state index is 12.9. The molecule has 2 aliphatic rings. The summed E-state index contributed by atoms with van der Waals surface area (Å²) in [6.07, 6.45) is 1.98. The molecule has 0 N–H and O–H groups in total. The molecule has 0 saturated heterocycles. The first-order valence-electron chi connectivity index (χ1n) is 10.8. The maximum atomic E-state index is 12.9. The number of aliphatic imine (C=N–C) groups is 1. The predicted octanol–water partition coefficient (Wildman–Crippen LogP) is 4.63. The average molecular weight is 434 g/mol. The standard InChI is InChI=1S/C26H27NO5/c1-16-23(26(29)31-3)24(25-19(27-16)10-7-11-20(25)28)18-12-13-21(22(14-18)30-2)32-15-17-8-5-4-6-9-17/h4-6,8-9,12-14,23-24H,7,10-11,15H2,1-3H3/t23?,24-/m0/s1. The van der Waals surface area contributed by atoms with Gasteiger partial charge in [-0.2, -0.15) is 0 Å². The first kappa shape index (κ1) is 21.8. The molecule has 0 amide bonds. The van der Waals surface area contributed by atoms with Crippen molar-refractivity contribution in [3.8, 4) is 11.5 Å². The Balaban J connectivity index is 1.72. The SMILES string of the molecule is COC(=O)C1C(C)=NC2=C(C(=O)CCC2)[C@H]1c1ccc(OCc2ccccc2)c(OC)c1. The summed E-state index contributed by atoms with van der Waals surface area (Å²) in [5, 5.41) is 0. The second kappa shape index (κ2) is 9.39. The van der Waals surface area contributed by atoms with Gasteiger partial charge in [0.25, 0.3) is 0 Å². The third-order valence-electron chi connectivity index (χ3n) is 6.07. The highest BCUT2D eigenvalue weighted by Gasteiger charge is 2.43. The molecule has 0 fully saturated rings. The number of hydrogen-bond donors (Lipinski definition) is 0. The average Bonchev–Trinajstić information content (AvgIpc) is 2.82. The van der Waals surface area contributed by atoms with Crippen LogP contribution in [-0.4, -0.2) is 31.7 Å². The molecule has 2 aromatic carbocycles. The molecule has 32 heavy (non-hydrogen) atoms. The van der Waals surface area contributed by atoms with E-state index in [-0.39, 0.29) is 5.78 Å². The van der Waals surface area contributed by atoms with Crippen LogP contribution in [0.4, 0.5) is 0 Å². The summed E-state index contributed by atoms with van der Waals surface area (Å²) in [7, 11) is 2.94. The van der Waals surface area contributed by atoms with Crippen molar-refractivity contribution in [3.63, 3.8) is 0 Å². The summed E-state index contributed by atoms with van der Waals surface area (Å²) in [5.41, 5.74) is 3.93. The van der Waals surface area contributed by atoms with Crippen LogP contribution in [0.2, 0.25) is 0 Å². The highest BCUT2D eigenvalue weighted by atomic mass is 16.5. The van der Waals surface area contributed by atoms with E-state index >= 15 is 0 Å². The van der Waals surface area contributed by atoms with Gasteiger partial charge < -0.3 is 14.2 Å². The number of benzene rings is 2. The van der Waals surface area contributed by atoms with E-state index in [2.05, 4.69) is 4.99 Å². The zero-order valence-electron chi connectivity index (χ0n) is 18.6. The Morgan fingerprint density at radius 1 is 1.06 bits per heavy atom. The summed E-state index contributed by atoms with van der Waals surface area (Å²) in [6.45, 7) is 2.23. The molecule has 2 atom stereocenters. The van der Waals surface area contributed by atoms with E-state index in [1.165, 1.54) is 7.11 Å². The first-order valence-corrected chi connectivity index (χ1v) is 10.8. The Kier molecular flexibility index (Phi) is 6.40. The van der Waals surface area contributed by atoms with Gasteiger partial charge in [-0.3, -0.25) is 14.6 Å². The van der Waals surface area contributed by atoms with E-state index in [0.29, 0.717) is 35.8 Å². The van der Waals surface area contributed by atoms with Crippen molar-refractivity contribution in [1.82, 2.24) is 0 Å². The van der Waals surface area contributed by atoms with Crippen molar-refractivity contribution in [2.45, 2.75) is 38.7 Å². The van der Waals surface area contributed by atoms with Gasteiger partial charge in [-0.1, -0.05) is 36.4 Å². The molecule has 1 aliphatic heterocycles. The lowest BCUT2D eigenvalue weighted by molar-refractivity contribution is -0.143. The van der Waals surface area contributed by atoms with Crippen molar-refractivity contribution >= 4 is 17.5 Å². The quantitative estimate of drug-likeness (QED) is 0.621. The molecule has 4 rings (SSSR count). The molecule has 1 unspecified atom stereocenters. The van der Waals surface area contributed by atoms with Crippen molar-refractivity contribution in [1.29, 1.82) is 0 Å². The molecule has 0 radical (unpaired) electrons. The topological polar surface area (TPSA) is 74.2 Å². The van der Waals surface area contributed by atoms with Crippen molar-refractivity contribution in [2.75, 3.05) is 14.2 Å². The number of methoxy groups -OCH3 is 2. The highest BCUT2D eigenvalue weighted by molar-refractivity contribution is 6.08. The second-order valence-corrected chi connectivity index (χ2v) is 8.05. The van der Waals surface area contributed by atoms with Crippen LogP contribution in [0.15, 0.2) is 64.8 Å². The van der Waals surface area contributed by atoms with Crippen molar-refractivity contribution in [3.05, 3.63) is 70.9 Å². The lowest BCUT2D eigenvalue weighted by atomic mass is 9.71. The van der Waals surface area contributed by atoms with Crippen LogP contribution < -0.4 is 9.47 Å². The molecule has 0 aromatic heterocycles. The van der Waals surface area contributed by atoms with Gasteiger partial charge in [-0.25, -0.2) is 0 Å². The fourth-order valence-corrected chi connectivity index (χ4v) is 4.53. The smallest absolute Gasteiger partial charge is 0.315 e. The van der Waals surface area contributed by atoms with Gasteiger partial charge in [0.2, 0.25) is 0 Å². The zero-order valence-corrected chi connectivity index (χ0v) is 18.6. The van der Waals surface area contributed by atoms with Crippen molar-refractivity contribution in [2.24, 2.45) is 10.9 Å². The number of carbonyl (C=O) groups excluding carboxylic acids is 2. The number of rotatable bonds is 6. The van der Waals surface area contributed by atoms with Gasteiger partial charge >= 0.3 is 5.97 Å². The van der Waals surface area contributed by atoms with Crippen LogP contribution in [0.25, 0.3) is 0 Å². The minimum atomic E-state index is -0.651. The first-order chi connectivity index (χ1) is 15.5. The largest absolute Gasteiger partial charge is 0.493 e. The molecule has 0 saturated carbocycles. The van der Waals surface area contributed by atoms with Gasteiger partial charge in [-0.05, 0) is 43.0 Å². The summed E-state index contributed by atoms with van der Waals surface area (Å²) < 4.78 is 16.7. The monoisotopic (exact) mass is 433 g/mol. The molecule has 166 valence electrons. The normalized spacial score (nSPS) is 20.3. The molecular formula is C26H27NO5. The molecule has 6 nitrogen and oxygen atoms in total. The summed E-state index contributed by atoms with van der Waals surface area (Å²) in [4.78, 5) is 30.3. The van der Waals surface area contributed by atoms with Crippen LogP contribution in [0, 0.1) is 5.92 Å².